The van der Waals surface area contributed by atoms with Crippen molar-refractivity contribution in [1.29, 1.82) is 0 Å². The second-order valence-corrected chi connectivity index (χ2v) is 6.67. The highest BCUT2D eigenvalue weighted by Crippen LogP contribution is 2.31. The van der Waals surface area contributed by atoms with Gasteiger partial charge in [0.15, 0.2) is 5.69 Å². The van der Waals surface area contributed by atoms with Crippen molar-refractivity contribution >= 4 is 39.8 Å². The van der Waals surface area contributed by atoms with Gasteiger partial charge in [-0.25, -0.2) is 4.98 Å². The molecule has 1 amide bonds. The summed E-state index contributed by atoms with van der Waals surface area (Å²) in [6, 6.07) is 7.29. The molecular weight excluding hydrogens is 338 g/mol. The molecule has 0 aliphatic heterocycles. The Morgan fingerprint density at radius 3 is 2.96 bits per heavy atom. The van der Waals surface area contributed by atoms with Crippen LogP contribution in [-0.2, 0) is 0 Å². The number of nitrogens with one attached hydrogen (secondary N) is 3. The number of anilines is 2. The number of hydrogen-bond donors (Lipinski definition) is 3. The highest BCUT2D eigenvalue weighted by Gasteiger charge is 2.19. The van der Waals surface area contributed by atoms with Gasteiger partial charge in [-0.1, -0.05) is 18.0 Å². The molecule has 1 saturated carbocycles. The molecule has 3 N–H and O–H groups in total. The first-order valence-corrected chi connectivity index (χ1v) is 8.72. The summed E-state index contributed by atoms with van der Waals surface area (Å²) in [5.74, 6) is 0.399. The van der Waals surface area contributed by atoms with Crippen LogP contribution in [0.5, 0.6) is 0 Å². The quantitative estimate of drug-likeness (QED) is 0.644. The Hall–Kier alpha value is -2.60. The van der Waals surface area contributed by atoms with Gasteiger partial charge < -0.3 is 10.6 Å². The number of rotatable bonds is 5. The molecule has 1 aromatic carbocycles. The number of H-pyrrole nitrogens is 1. The average molecular weight is 356 g/mol. The van der Waals surface area contributed by atoms with E-state index in [1.54, 1.807) is 18.5 Å². The number of pyridine rings is 1. The number of amides is 1. The van der Waals surface area contributed by atoms with E-state index in [0.29, 0.717) is 22.3 Å². The van der Waals surface area contributed by atoms with Crippen LogP contribution in [0.15, 0.2) is 36.7 Å². The molecule has 1 aliphatic carbocycles. The SMILES string of the molecule is O=C(Nc1ccc2[nH]ncc2c1Cl)c1ncccc1NCC1CCC1. The maximum Gasteiger partial charge on any atom is 0.276 e. The van der Waals surface area contributed by atoms with E-state index >= 15 is 0 Å². The van der Waals surface area contributed by atoms with Gasteiger partial charge in [-0.15, -0.1) is 0 Å². The van der Waals surface area contributed by atoms with E-state index in [2.05, 4.69) is 25.8 Å². The van der Waals surface area contributed by atoms with Gasteiger partial charge in [0.1, 0.15) is 0 Å². The lowest BCUT2D eigenvalue weighted by atomic mass is 9.85. The van der Waals surface area contributed by atoms with E-state index in [1.807, 2.05) is 18.2 Å². The summed E-state index contributed by atoms with van der Waals surface area (Å²) in [7, 11) is 0. The minimum absolute atomic E-state index is 0.290. The monoisotopic (exact) mass is 355 g/mol. The lowest BCUT2D eigenvalue weighted by Crippen LogP contribution is -2.23. The molecule has 0 radical (unpaired) electrons. The molecule has 2 heterocycles. The Morgan fingerprint density at radius 1 is 1.28 bits per heavy atom. The second kappa shape index (κ2) is 6.72. The number of aromatic amines is 1. The maximum atomic E-state index is 12.7. The van der Waals surface area contributed by atoms with Crippen molar-refractivity contribution in [3.05, 3.63) is 47.4 Å². The minimum Gasteiger partial charge on any atom is -0.383 e. The number of halogens is 1. The summed E-state index contributed by atoms with van der Waals surface area (Å²) in [5.41, 5.74) is 2.47. The highest BCUT2D eigenvalue weighted by atomic mass is 35.5. The number of hydrogen-bond acceptors (Lipinski definition) is 4. The summed E-state index contributed by atoms with van der Waals surface area (Å²) in [6.45, 7) is 0.869. The van der Waals surface area contributed by atoms with Crippen LogP contribution in [0.1, 0.15) is 29.8 Å². The minimum atomic E-state index is -0.290. The first kappa shape index (κ1) is 15.9. The third-order valence-electron chi connectivity index (χ3n) is 4.64. The van der Waals surface area contributed by atoms with Crippen LogP contribution in [0.25, 0.3) is 10.9 Å². The summed E-state index contributed by atoms with van der Waals surface area (Å²) in [5, 5.41) is 14.2. The van der Waals surface area contributed by atoms with E-state index in [1.165, 1.54) is 19.3 Å². The fourth-order valence-corrected chi connectivity index (χ4v) is 3.20. The van der Waals surface area contributed by atoms with Crippen LogP contribution in [-0.4, -0.2) is 27.6 Å². The number of aromatic nitrogens is 3. The summed E-state index contributed by atoms with van der Waals surface area (Å²) in [4.78, 5) is 16.9. The molecule has 7 heteroatoms. The molecule has 128 valence electrons. The Morgan fingerprint density at radius 2 is 2.16 bits per heavy atom. The predicted octanol–water partition coefficient (Wildman–Crippen LogP) is 4.08. The third kappa shape index (κ3) is 3.17. The topological polar surface area (TPSA) is 82.7 Å². The van der Waals surface area contributed by atoms with Gasteiger partial charge in [0, 0.05) is 18.1 Å². The van der Waals surface area contributed by atoms with Crippen molar-refractivity contribution < 1.29 is 4.79 Å². The first-order chi connectivity index (χ1) is 12.2. The summed E-state index contributed by atoms with van der Waals surface area (Å²) >= 11 is 6.37. The van der Waals surface area contributed by atoms with Gasteiger partial charge in [0.05, 0.1) is 28.1 Å². The summed E-state index contributed by atoms with van der Waals surface area (Å²) in [6.07, 6.45) is 7.04. The van der Waals surface area contributed by atoms with Crippen LogP contribution in [0.3, 0.4) is 0 Å². The van der Waals surface area contributed by atoms with Crippen LogP contribution in [0.4, 0.5) is 11.4 Å². The Kier molecular flexibility index (Phi) is 4.28. The van der Waals surface area contributed by atoms with E-state index in [0.717, 1.165) is 23.1 Å². The maximum absolute atomic E-state index is 12.7. The first-order valence-electron chi connectivity index (χ1n) is 8.34. The van der Waals surface area contributed by atoms with E-state index in [-0.39, 0.29) is 5.91 Å². The molecule has 0 spiro atoms. The van der Waals surface area contributed by atoms with Gasteiger partial charge in [0.2, 0.25) is 0 Å². The van der Waals surface area contributed by atoms with Crippen molar-refractivity contribution in [2.24, 2.45) is 5.92 Å². The van der Waals surface area contributed by atoms with Crippen molar-refractivity contribution in [2.75, 3.05) is 17.2 Å². The van der Waals surface area contributed by atoms with Gasteiger partial charge in [-0.05, 0) is 43.0 Å². The van der Waals surface area contributed by atoms with Crippen molar-refractivity contribution in [1.82, 2.24) is 15.2 Å². The fraction of sp³-hybridized carbons (Fsp3) is 0.278. The van der Waals surface area contributed by atoms with Gasteiger partial charge in [-0.3, -0.25) is 9.89 Å². The zero-order valence-electron chi connectivity index (χ0n) is 13.6. The molecule has 0 unspecified atom stereocenters. The van der Waals surface area contributed by atoms with Crippen LogP contribution in [0.2, 0.25) is 5.02 Å². The third-order valence-corrected chi connectivity index (χ3v) is 5.04. The smallest absolute Gasteiger partial charge is 0.276 e. The zero-order chi connectivity index (χ0) is 17.2. The van der Waals surface area contributed by atoms with Crippen LogP contribution >= 0.6 is 11.6 Å². The zero-order valence-corrected chi connectivity index (χ0v) is 14.3. The number of carbonyl (C=O) groups excluding carboxylic acids is 1. The Bertz CT molecular complexity index is 919. The molecule has 25 heavy (non-hydrogen) atoms. The van der Waals surface area contributed by atoms with Gasteiger partial charge in [-0.2, -0.15) is 5.10 Å². The second-order valence-electron chi connectivity index (χ2n) is 6.29. The van der Waals surface area contributed by atoms with Crippen molar-refractivity contribution in [3.8, 4) is 0 Å². The van der Waals surface area contributed by atoms with Crippen LogP contribution in [0, 0.1) is 5.92 Å². The molecule has 1 fully saturated rings. The lowest BCUT2D eigenvalue weighted by molar-refractivity contribution is 0.102. The van der Waals surface area contributed by atoms with E-state index in [4.69, 9.17) is 11.6 Å². The number of carbonyl (C=O) groups is 1. The number of nitrogens with zero attached hydrogens (tertiary/aromatic N) is 2. The molecule has 6 nitrogen and oxygen atoms in total. The molecule has 0 saturated heterocycles. The van der Waals surface area contributed by atoms with E-state index in [9.17, 15) is 4.79 Å². The lowest BCUT2D eigenvalue weighted by Gasteiger charge is -2.26. The molecule has 2 aromatic heterocycles. The molecule has 0 bridgehead atoms. The van der Waals surface area contributed by atoms with Gasteiger partial charge >= 0.3 is 0 Å². The fourth-order valence-electron chi connectivity index (χ4n) is 2.94. The number of benzene rings is 1. The summed E-state index contributed by atoms with van der Waals surface area (Å²) < 4.78 is 0. The predicted molar refractivity (Wildman–Crippen MR) is 99.1 cm³/mol. The van der Waals surface area contributed by atoms with E-state index < -0.39 is 0 Å². The molecular formula is C18H18ClN5O. The largest absolute Gasteiger partial charge is 0.383 e. The highest BCUT2D eigenvalue weighted by molar-refractivity contribution is 6.38. The molecule has 1 aliphatic rings. The Balaban J connectivity index is 1.54. The normalized spacial score (nSPS) is 14.3. The average Bonchev–Trinajstić information content (AvgIpc) is 3.06. The van der Waals surface area contributed by atoms with Crippen molar-refractivity contribution in [3.63, 3.8) is 0 Å². The molecule has 3 aromatic rings. The number of fused-ring (bicyclic) bond motifs is 1. The van der Waals surface area contributed by atoms with Gasteiger partial charge in [0.25, 0.3) is 5.91 Å². The Labute approximate surface area is 150 Å². The molecule has 0 atom stereocenters. The van der Waals surface area contributed by atoms with Crippen molar-refractivity contribution in [2.45, 2.75) is 19.3 Å². The molecule has 4 rings (SSSR count). The standard InChI is InChI=1S/C18H18ClN5O/c19-16-12-10-22-24-13(12)6-7-14(16)23-18(25)17-15(5-2-8-20-17)21-9-11-3-1-4-11/h2,5-8,10-11,21H,1,3-4,9H2,(H,22,24)(H,23,25). The van der Waals surface area contributed by atoms with Crippen LogP contribution < -0.4 is 10.6 Å².